The molecule has 2 aromatic rings. The standard InChI is InChI=1S/C17H21NS2/c1-12-7-13(2)9-14(8-12)11-20-17-6-4-5-16(19-3)15(17)10-18/h4-9H,10-11,18H2,1-3H3. The quantitative estimate of drug-likeness (QED) is 0.805. The molecule has 0 aromatic heterocycles. The maximum Gasteiger partial charge on any atom is 0.0232 e. The minimum absolute atomic E-state index is 0.603. The van der Waals surface area contributed by atoms with E-state index in [1.54, 1.807) is 11.8 Å². The Bertz CT molecular complexity index is 573. The molecule has 0 bridgehead atoms. The van der Waals surface area contributed by atoms with Crippen molar-refractivity contribution in [2.75, 3.05) is 6.26 Å². The van der Waals surface area contributed by atoms with Crippen molar-refractivity contribution >= 4 is 23.5 Å². The monoisotopic (exact) mass is 303 g/mol. The normalized spacial score (nSPS) is 10.8. The lowest BCUT2D eigenvalue weighted by Crippen LogP contribution is -2.00. The van der Waals surface area contributed by atoms with Crippen molar-refractivity contribution in [3.8, 4) is 0 Å². The van der Waals surface area contributed by atoms with Crippen LogP contribution in [0.5, 0.6) is 0 Å². The molecule has 0 aliphatic heterocycles. The minimum atomic E-state index is 0.603. The van der Waals surface area contributed by atoms with E-state index in [2.05, 4.69) is 56.5 Å². The van der Waals surface area contributed by atoms with Gasteiger partial charge in [0, 0.05) is 22.1 Å². The molecule has 0 atom stereocenters. The fraction of sp³-hybridized carbons (Fsp3) is 0.294. The lowest BCUT2D eigenvalue weighted by molar-refractivity contribution is 0.980. The second-order valence-electron chi connectivity index (χ2n) is 4.93. The van der Waals surface area contributed by atoms with Crippen molar-refractivity contribution in [1.82, 2.24) is 0 Å². The molecule has 0 saturated carbocycles. The van der Waals surface area contributed by atoms with Crippen LogP contribution < -0.4 is 5.73 Å². The van der Waals surface area contributed by atoms with Gasteiger partial charge in [-0.3, -0.25) is 0 Å². The lowest BCUT2D eigenvalue weighted by Gasteiger charge is -2.12. The van der Waals surface area contributed by atoms with E-state index in [4.69, 9.17) is 5.73 Å². The second-order valence-corrected chi connectivity index (χ2v) is 6.79. The second kappa shape index (κ2) is 7.21. The zero-order chi connectivity index (χ0) is 14.5. The Labute approximate surface area is 130 Å². The average molecular weight is 303 g/mol. The number of aryl methyl sites for hydroxylation is 2. The first-order valence-electron chi connectivity index (χ1n) is 6.70. The van der Waals surface area contributed by atoms with E-state index in [1.165, 1.54) is 32.0 Å². The molecule has 0 fully saturated rings. The van der Waals surface area contributed by atoms with Crippen molar-refractivity contribution in [3.63, 3.8) is 0 Å². The number of thioether (sulfide) groups is 2. The molecule has 0 heterocycles. The Morgan fingerprint density at radius 3 is 2.25 bits per heavy atom. The third kappa shape index (κ3) is 3.81. The summed E-state index contributed by atoms with van der Waals surface area (Å²) in [4.78, 5) is 2.59. The summed E-state index contributed by atoms with van der Waals surface area (Å²) in [5.41, 5.74) is 11.2. The van der Waals surface area contributed by atoms with Crippen LogP contribution in [0.1, 0.15) is 22.3 Å². The van der Waals surface area contributed by atoms with E-state index in [0.717, 1.165) is 5.75 Å². The molecular formula is C17H21NS2. The maximum absolute atomic E-state index is 5.92. The first kappa shape index (κ1) is 15.5. The van der Waals surface area contributed by atoms with Crippen molar-refractivity contribution in [2.45, 2.75) is 35.9 Å². The summed E-state index contributed by atoms with van der Waals surface area (Å²) in [6.07, 6.45) is 2.10. The minimum Gasteiger partial charge on any atom is -0.326 e. The smallest absolute Gasteiger partial charge is 0.0232 e. The number of rotatable bonds is 5. The summed E-state index contributed by atoms with van der Waals surface area (Å²) >= 11 is 3.65. The van der Waals surface area contributed by atoms with Crippen LogP contribution in [0.2, 0.25) is 0 Å². The molecule has 0 saturated heterocycles. The van der Waals surface area contributed by atoms with Gasteiger partial charge in [-0.25, -0.2) is 0 Å². The van der Waals surface area contributed by atoms with Crippen LogP contribution >= 0.6 is 23.5 Å². The maximum atomic E-state index is 5.92. The topological polar surface area (TPSA) is 26.0 Å². The van der Waals surface area contributed by atoms with Crippen LogP contribution in [-0.4, -0.2) is 6.26 Å². The number of benzene rings is 2. The third-order valence-electron chi connectivity index (χ3n) is 3.19. The summed E-state index contributed by atoms with van der Waals surface area (Å²) in [6.45, 7) is 4.91. The van der Waals surface area contributed by atoms with E-state index >= 15 is 0 Å². The summed E-state index contributed by atoms with van der Waals surface area (Å²) in [7, 11) is 0. The molecule has 2 rings (SSSR count). The molecule has 2 N–H and O–H groups in total. The Balaban J connectivity index is 2.18. The fourth-order valence-corrected chi connectivity index (χ4v) is 4.14. The van der Waals surface area contributed by atoms with Gasteiger partial charge in [0.05, 0.1) is 0 Å². The average Bonchev–Trinajstić information content (AvgIpc) is 2.43. The van der Waals surface area contributed by atoms with Crippen LogP contribution in [0.4, 0.5) is 0 Å². The molecule has 106 valence electrons. The van der Waals surface area contributed by atoms with Gasteiger partial charge in [-0.2, -0.15) is 0 Å². The van der Waals surface area contributed by atoms with Crippen molar-refractivity contribution in [3.05, 3.63) is 58.7 Å². The Kier molecular flexibility index (Phi) is 5.58. The Morgan fingerprint density at radius 2 is 1.65 bits per heavy atom. The van der Waals surface area contributed by atoms with Gasteiger partial charge in [0.15, 0.2) is 0 Å². The summed E-state index contributed by atoms with van der Waals surface area (Å²) in [6, 6.07) is 13.2. The Hall–Kier alpha value is -0.900. The van der Waals surface area contributed by atoms with Gasteiger partial charge in [0.2, 0.25) is 0 Å². The highest BCUT2D eigenvalue weighted by Crippen LogP contribution is 2.32. The van der Waals surface area contributed by atoms with Crippen LogP contribution in [-0.2, 0) is 12.3 Å². The van der Waals surface area contributed by atoms with Gasteiger partial charge in [-0.15, -0.1) is 23.5 Å². The third-order valence-corrected chi connectivity index (χ3v) is 5.18. The van der Waals surface area contributed by atoms with Crippen molar-refractivity contribution < 1.29 is 0 Å². The van der Waals surface area contributed by atoms with Crippen LogP contribution in [0, 0.1) is 13.8 Å². The highest BCUT2D eigenvalue weighted by Gasteiger charge is 2.07. The molecule has 0 spiro atoms. The summed E-state index contributed by atoms with van der Waals surface area (Å²) in [5.74, 6) is 0.993. The molecule has 0 amide bonds. The first-order chi connectivity index (χ1) is 9.63. The zero-order valence-corrected chi connectivity index (χ0v) is 13.9. The van der Waals surface area contributed by atoms with E-state index in [0.29, 0.717) is 6.54 Å². The van der Waals surface area contributed by atoms with E-state index in [9.17, 15) is 0 Å². The van der Waals surface area contributed by atoms with E-state index < -0.39 is 0 Å². The van der Waals surface area contributed by atoms with E-state index in [-0.39, 0.29) is 0 Å². The molecular weight excluding hydrogens is 282 g/mol. The van der Waals surface area contributed by atoms with Crippen molar-refractivity contribution in [2.24, 2.45) is 5.73 Å². The number of nitrogens with two attached hydrogens (primary N) is 1. The van der Waals surface area contributed by atoms with Crippen LogP contribution in [0.25, 0.3) is 0 Å². The molecule has 0 radical (unpaired) electrons. The molecule has 0 aliphatic carbocycles. The van der Waals surface area contributed by atoms with Gasteiger partial charge in [0.1, 0.15) is 0 Å². The molecule has 3 heteroatoms. The van der Waals surface area contributed by atoms with Gasteiger partial charge >= 0.3 is 0 Å². The molecule has 1 nitrogen and oxygen atoms in total. The summed E-state index contributed by atoms with van der Waals surface area (Å²) < 4.78 is 0. The SMILES string of the molecule is CSc1cccc(SCc2cc(C)cc(C)c2)c1CN. The first-order valence-corrected chi connectivity index (χ1v) is 8.91. The highest BCUT2D eigenvalue weighted by atomic mass is 32.2. The van der Waals surface area contributed by atoms with E-state index in [1.807, 2.05) is 11.8 Å². The number of hydrogen-bond donors (Lipinski definition) is 1. The predicted molar refractivity (Wildman–Crippen MR) is 91.6 cm³/mol. The molecule has 0 aliphatic rings. The predicted octanol–water partition coefficient (Wildman–Crippen LogP) is 4.78. The van der Waals surface area contributed by atoms with Gasteiger partial charge in [-0.05, 0) is 43.4 Å². The molecule has 0 unspecified atom stereocenters. The number of hydrogen-bond acceptors (Lipinski definition) is 3. The van der Waals surface area contributed by atoms with Crippen LogP contribution in [0.15, 0.2) is 46.2 Å². The molecule has 20 heavy (non-hydrogen) atoms. The molecule has 2 aromatic carbocycles. The highest BCUT2D eigenvalue weighted by molar-refractivity contribution is 7.99. The fourth-order valence-electron chi connectivity index (χ4n) is 2.39. The van der Waals surface area contributed by atoms with Gasteiger partial charge < -0.3 is 5.73 Å². The van der Waals surface area contributed by atoms with Gasteiger partial charge in [0.25, 0.3) is 0 Å². The van der Waals surface area contributed by atoms with Crippen LogP contribution in [0.3, 0.4) is 0 Å². The largest absolute Gasteiger partial charge is 0.326 e. The van der Waals surface area contributed by atoms with Crippen molar-refractivity contribution in [1.29, 1.82) is 0 Å². The summed E-state index contributed by atoms with van der Waals surface area (Å²) in [5, 5.41) is 0. The zero-order valence-electron chi connectivity index (χ0n) is 12.3. The van der Waals surface area contributed by atoms with Gasteiger partial charge in [-0.1, -0.05) is 35.4 Å². The Morgan fingerprint density at radius 1 is 1.00 bits per heavy atom. The lowest BCUT2D eigenvalue weighted by atomic mass is 10.1.